The van der Waals surface area contributed by atoms with Gasteiger partial charge in [-0.2, -0.15) is 0 Å². The van der Waals surface area contributed by atoms with Crippen molar-refractivity contribution in [1.82, 2.24) is 0 Å². The lowest BCUT2D eigenvalue weighted by atomic mass is 10.1. The van der Waals surface area contributed by atoms with E-state index in [9.17, 15) is 5.11 Å². The quantitative estimate of drug-likeness (QED) is 0.756. The Labute approximate surface area is 121 Å². The zero-order valence-electron chi connectivity index (χ0n) is 12.8. The van der Waals surface area contributed by atoms with Gasteiger partial charge in [-0.05, 0) is 45.4 Å². The minimum Gasteiger partial charge on any atom is -0.491 e. The van der Waals surface area contributed by atoms with Gasteiger partial charge in [0.15, 0.2) is 0 Å². The maximum Gasteiger partial charge on any atom is 0.119 e. The molecule has 0 aromatic heterocycles. The third kappa shape index (κ3) is 6.37. The fourth-order valence-corrected chi connectivity index (χ4v) is 1.72. The molecule has 0 saturated heterocycles. The van der Waals surface area contributed by atoms with Crippen LogP contribution in [0.4, 0.5) is 0 Å². The molecule has 0 fully saturated rings. The summed E-state index contributed by atoms with van der Waals surface area (Å²) >= 11 is 0. The van der Waals surface area contributed by atoms with Crippen molar-refractivity contribution in [1.29, 1.82) is 0 Å². The molecule has 4 nitrogen and oxygen atoms in total. The van der Waals surface area contributed by atoms with Crippen LogP contribution in [0.3, 0.4) is 0 Å². The van der Waals surface area contributed by atoms with E-state index in [1.165, 1.54) is 0 Å². The molecule has 0 saturated carbocycles. The minimum absolute atomic E-state index is 0.0202. The molecule has 114 valence electrons. The smallest absolute Gasteiger partial charge is 0.119 e. The molecule has 2 atom stereocenters. The van der Waals surface area contributed by atoms with Crippen LogP contribution in [0.25, 0.3) is 0 Å². The lowest BCUT2D eigenvalue weighted by molar-refractivity contribution is -0.0395. The van der Waals surface area contributed by atoms with Gasteiger partial charge in [-0.25, -0.2) is 0 Å². The molecule has 0 heterocycles. The highest BCUT2D eigenvalue weighted by molar-refractivity contribution is 5.28. The SMILES string of the molecule is CCOCC(C)OCC(O)c1ccc(OC(C)C)cc1. The van der Waals surface area contributed by atoms with E-state index in [0.717, 1.165) is 11.3 Å². The molecule has 4 heteroatoms. The van der Waals surface area contributed by atoms with Gasteiger partial charge < -0.3 is 19.3 Å². The Morgan fingerprint density at radius 3 is 2.25 bits per heavy atom. The van der Waals surface area contributed by atoms with Crippen LogP contribution in [0, 0.1) is 0 Å². The fraction of sp³-hybridized carbons (Fsp3) is 0.625. The van der Waals surface area contributed by atoms with Crippen LogP contribution >= 0.6 is 0 Å². The van der Waals surface area contributed by atoms with Gasteiger partial charge in [0, 0.05) is 6.61 Å². The van der Waals surface area contributed by atoms with Crippen molar-refractivity contribution >= 4 is 0 Å². The fourth-order valence-electron chi connectivity index (χ4n) is 1.72. The highest BCUT2D eigenvalue weighted by Crippen LogP contribution is 2.19. The van der Waals surface area contributed by atoms with E-state index >= 15 is 0 Å². The first kappa shape index (κ1) is 17.0. The lowest BCUT2D eigenvalue weighted by Crippen LogP contribution is -2.19. The molecule has 0 bridgehead atoms. The summed E-state index contributed by atoms with van der Waals surface area (Å²) in [5.74, 6) is 0.807. The molecule has 0 radical (unpaired) electrons. The predicted octanol–water partition coefficient (Wildman–Crippen LogP) is 2.95. The Morgan fingerprint density at radius 2 is 1.70 bits per heavy atom. The van der Waals surface area contributed by atoms with Gasteiger partial charge in [0.05, 0.1) is 25.4 Å². The molecular formula is C16H26O4. The largest absolute Gasteiger partial charge is 0.491 e. The Balaban J connectivity index is 2.41. The molecule has 1 N–H and O–H groups in total. The Kier molecular flexibility index (Phi) is 7.59. The van der Waals surface area contributed by atoms with Crippen molar-refractivity contribution in [2.75, 3.05) is 19.8 Å². The first-order valence-corrected chi connectivity index (χ1v) is 7.17. The summed E-state index contributed by atoms with van der Waals surface area (Å²) in [6.45, 7) is 9.33. The van der Waals surface area contributed by atoms with Crippen LogP contribution in [-0.4, -0.2) is 37.1 Å². The molecule has 1 rings (SSSR count). The monoisotopic (exact) mass is 282 g/mol. The van der Waals surface area contributed by atoms with Crippen LogP contribution < -0.4 is 4.74 Å². The van der Waals surface area contributed by atoms with Gasteiger partial charge in [-0.15, -0.1) is 0 Å². The molecule has 0 aliphatic carbocycles. The van der Waals surface area contributed by atoms with Gasteiger partial charge in [0.1, 0.15) is 11.9 Å². The van der Waals surface area contributed by atoms with Gasteiger partial charge >= 0.3 is 0 Å². The third-order valence-corrected chi connectivity index (χ3v) is 2.73. The predicted molar refractivity (Wildman–Crippen MR) is 79.1 cm³/mol. The second-order valence-corrected chi connectivity index (χ2v) is 5.05. The molecule has 0 amide bonds. The van der Waals surface area contributed by atoms with Crippen LogP contribution in [-0.2, 0) is 9.47 Å². The van der Waals surface area contributed by atoms with E-state index in [2.05, 4.69) is 0 Å². The van der Waals surface area contributed by atoms with Crippen molar-refractivity contribution < 1.29 is 19.3 Å². The number of ether oxygens (including phenoxy) is 3. The van der Waals surface area contributed by atoms with Crippen LogP contribution in [0.5, 0.6) is 5.75 Å². The van der Waals surface area contributed by atoms with Crippen LogP contribution in [0.1, 0.15) is 39.4 Å². The lowest BCUT2D eigenvalue weighted by Gasteiger charge is -2.17. The highest BCUT2D eigenvalue weighted by Gasteiger charge is 2.11. The molecule has 20 heavy (non-hydrogen) atoms. The maximum absolute atomic E-state index is 10.1. The number of hydrogen-bond acceptors (Lipinski definition) is 4. The van der Waals surface area contributed by atoms with E-state index in [1.54, 1.807) is 0 Å². The number of hydrogen-bond donors (Lipinski definition) is 1. The summed E-state index contributed by atoms with van der Waals surface area (Å²) in [7, 11) is 0. The Bertz CT molecular complexity index is 361. The molecule has 0 aliphatic rings. The van der Waals surface area contributed by atoms with Gasteiger partial charge in [0.2, 0.25) is 0 Å². The summed E-state index contributed by atoms with van der Waals surface area (Å²) in [6.07, 6.45) is -0.506. The number of aliphatic hydroxyl groups is 1. The minimum atomic E-state index is -0.632. The normalized spacial score (nSPS) is 14.3. The van der Waals surface area contributed by atoms with Crippen LogP contribution in [0.2, 0.25) is 0 Å². The maximum atomic E-state index is 10.1. The van der Waals surface area contributed by atoms with Crippen molar-refractivity contribution in [3.63, 3.8) is 0 Å². The molecular weight excluding hydrogens is 256 g/mol. The van der Waals surface area contributed by atoms with Gasteiger partial charge in [-0.3, -0.25) is 0 Å². The molecule has 0 spiro atoms. The Morgan fingerprint density at radius 1 is 1.05 bits per heavy atom. The molecule has 1 aromatic carbocycles. The summed E-state index contributed by atoms with van der Waals surface area (Å²) in [5.41, 5.74) is 0.824. The van der Waals surface area contributed by atoms with Crippen LogP contribution in [0.15, 0.2) is 24.3 Å². The van der Waals surface area contributed by atoms with Gasteiger partial charge in [0.25, 0.3) is 0 Å². The number of aliphatic hydroxyl groups excluding tert-OH is 1. The summed E-state index contributed by atoms with van der Waals surface area (Å²) in [6, 6.07) is 7.45. The number of rotatable bonds is 9. The van der Waals surface area contributed by atoms with E-state index in [-0.39, 0.29) is 18.8 Å². The van der Waals surface area contributed by atoms with E-state index in [0.29, 0.717) is 13.2 Å². The Hall–Kier alpha value is -1.10. The molecule has 1 aromatic rings. The average molecular weight is 282 g/mol. The van der Waals surface area contributed by atoms with Gasteiger partial charge in [-0.1, -0.05) is 12.1 Å². The summed E-state index contributed by atoms with van der Waals surface area (Å²) < 4.78 is 16.4. The van der Waals surface area contributed by atoms with E-state index < -0.39 is 6.10 Å². The zero-order chi connectivity index (χ0) is 15.0. The van der Waals surface area contributed by atoms with Crippen molar-refractivity contribution in [2.24, 2.45) is 0 Å². The topological polar surface area (TPSA) is 47.9 Å². The first-order valence-electron chi connectivity index (χ1n) is 7.17. The van der Waals surface area contributed by atoms with E-state index in [1.807, 2.05) is 52.0 Å². The highest BCUT2D eigenvalue weighted by atomic mass is 16.5. The third-order valence-electron chi connectivity index (χ3n) is 2.73. The number of benzene rings is 1. The second kappa shape index (κ2) is 8.95. The average Bonchev–Trinajstić information content (AvgIpc) is 2.42. The van der Waals surface area contributed by atoms with Crippen molar-refractivity contribution in [3.05, 3.63) is 29.8 Å². The molecule has 2 unspecified atom stereocenters. The van der Waals surface area contributed by atoms with Crippen molar-refractivity contribution in [2.45, 2.75) is 46.0 Å². The zero-order valence-corrected chi connectivity index (χ0v) is 12.8. The summed E-state index contributed by atoms with van der Waals surface area (Å²) in [5, 5.41) is 10.1. The first-order chi connectivity index (χ1) is 9.52. The molecule has 0 aliphatic heterocycles. The summed E-state index contributed by atoms with van der Waals surface area (Å²) in [4.78, 5) is 0. The van der Waals surface area contributed by atoms with E-state index in [4.69, 9.17) is 14.2 Å². The second-order valence-electron chi connectivity index (χ2n) is 5.05. The standard InChI is InChI=1S/C16H26O4/c1-5-18-10-13(4)19-11-16(17)14-6-8-15(9-7-14)20-12(2)3/h6-9,12-13,16-17H,5,10-11H2,1-4H3. The van der Waals surface area contributed by atoms with Crippen molar-refractivity contribution in [3.8, 4) is 5.75 Å².